The second-order valence-corrected chi connectivity index (χ2v) is 9.01. The van der Waals surface area contributed by atoms with Gasteiger partial charge in [-0.1, -0.05) is 42.2 Å². The van der Waals surface area contributed by atoms with Gasteiger partial charge in [-0.2, -0.15) is 0 Å². The molecule has 0 atom stereocenters. The van der Waals surface area contributed by atoms with E-state index in [1.165, 1.54) is 37.1 Å². The third-order valence-corrected chi connectivity index (χ3v) is 7.35. The maximum absolute atomic E-state index is 6.09. The molecule has 4 nitrogen and oxygen atoms in total. The van der Waals surface area contributed by atoms with Crippen molar-refractivity contribution >= 4 is 44.4 Å². The van der Waals surface area contributed by atoms with Crippen LogP contribution in [0, 0.1) is 0 Å². The molecule has 2 aromatic rings. The molecule has 2 N–H and O–H groups in total. The molecule has 7 heteroatoms. The Morgan fingerprint density at radius 2 is 1.88 bits per heavy atom. The summed E-state index contributed by atoms with van der Waals surface area (Å²) in [5, 5.41) is 4.57. The van der Waals surface area contributed by atoms with Crippen LogP contribution in [0.3, 0.4) is 0 Å². The smallest absolute Gasteiger partial charge is 0.182 e. The molecule has 0 radical (unpaired) electrons. The lowest BCUT2D eigenvalue weighted by atomic mass is 9.94. The van der Waals surface area contributed by atoms with E-state index in [-0.39, 0.29) is 0 Å². The van der Waals surface area contributed by atoms with E-state index in [0.29, 0.717) is 5.13 Å². The number of hydrogen-bond acceptors (Lipinski definition) is 6. The monoisotopic (exact) mass is 382 g/mol. The van der Waals surface area contributed by atoms with E-state index in [0.717, 1.165) is 47.8 Å². The van der Waals surface area contributed by atoms with Gasteiger partial charge in [0.1, 0.15) is 10.7 Å². The molecular weight excluding hydrogens is 360 g/mol. The summed E-state index contributed by atoms with van der Waals surface area (Å²) in [6, 6.07) is 2.80. The van der Waals surface area contributed by atoms with Crippen LogP contribution in [-0.4, -0.2) is 42.1 Å². The molecule has 2 aromatic heterocycles. The normalized spacial score (nSPS) is 20.6. The topological polar surface area (TPSA) is 45.4 Å². The summed E-state index contributed by atoms with van der Waals surface area (Å²) in [4.78, 5) is 10.8. The van der Waals surface area contributed by atoms with Crippen molar-refractivity contribution in [1.82, 2.24) is 9.88 Å². The number of nitrogen functional groups attached to an aromatic ring is 1. The van der Waals surface area contributed by atoms with Crippen molar-refractivity contribution in [2.24, 2.45) is 0 Å². The molecule has 0 spiro atoms. The number of thiophene rings is 1. The van der Waals surface area contributed by atoms with Gasteiger partial charge in [0.05, 0.1) is 9.90 Å². The van der Waals surface area contributed by atoms with Gasteiger partial charge in [0.15, 0.2) is 5.13 Å². The van der Waals surface area contributed by atoms with Crippen molar-refractivity contribution in [2.45, 2.75) is 38.1 Å². The summed E-state index contributed by atoms with van der Waals surface area (Å²) < 4.78 is 0. The van der Waals surface area contributed by atoms with Gasteiger partial charge in [-0.25, -0.2) is 4.98 Å². The molecule has 1 saturated carbocycles. The first-order chi connectivity index (χ1) is 11.7. The highest BCUT2D eigenvalue weighted by Gasteiger charge is 2.27. The minimum Gasteiger partial charge on any atom is -0.375 e. The van der Waals surface area contributed by atoms with Crippen LogP contribution in [-0.2, 0) is 0 Å². The fourth-order valence-electron chi connectivity index (χ4n) is 3.88. The van der Waals surface area contributed by atoms with Crippen LogP contribution in [0.2, 0.25) is 5.02 Å². The van der Waals surface area contributed by atoms with E-state index in [1.54, 1.807) is 22.7 Å². The number of aromatic nitrogens is 1. The van der Waals surface area contributed by atoms with Crippen molar-refractivity contribution in [3.63, 3.8) is 0 Å². The van der Waals surface area contributed by atoms with Crippen LogP contribution < -0.4 is 10.6 Å². The highest BCUT2D eigenvalue weighted by atomic mass is 35.5. The molecule has 2 aliphatic rings. The van der Waals surface area contributed by atoms with Crippen LogP contribution >= 0.6 is 34.3 Å². The molecule has 4 rings (SSSR count). The first-order valence-corrected chi connectivity index (χ1v) is 10.8. The number of nitrogens with zero attached hydrogens (tertiary/aromatic N) is 3. The molecule has 0 bridgehead atoms. The lowest BCUT2D eigenvalue weighted by Gasteiger charge is -2.41. The van der Waals surface area contributed by atoms with Gasteiger partial charge in [0, 0.05) is 37.6 Å². The van der Waals surface area contributed by atoms with Gasteiger partial charge in [0.25, 0.3) is 0 Å². The van der Waals surface area contributed by atoms with Gasteiger partial charge >= 0.3 is 0 Å². The number of rotatable bonds is 3. The standard InChI is InChI=1S/C17H23ClN4S2/c18-12-10-14(23-11-12)15-16(24-17(19)20-15)22-8-6-21(7-9-22)13-4-2-1-3-5-13/h10-11,13H,1-9H2,(H2,19,20). The Labute approximate surface area is 156 Å². The quantitative estimate of drug-likeness (QED) is 0.844. The predicted octanol–water partition coefficient (Wildman–Crippen LogP) is 4.56. The Balaban J connectivity index is 1.47. The Bertz CT molecular complexity index is 685. The Hall–Kier alpha value is -0.820. The average Bonchev–Trinajstić information content (AvgIpc) is 3.21. The van der Waals surface area contributed by atoms with Crippen LogP contribution in [0.4, 0.5) is 10.1 Å². The number of hydrogen-bond donors (Lipinski definition) is 1. The SMILES string of the molecule is Nc1nc(-c2cc(Cl)cs2)c(N2CCN(C3CCCCC3)CC2)s1. The largest absolute Gasteiger partial charge is 0.375 e. The number of halogens is 1. The van der Waals surface area contributed by atoms with E-state index >= 15 is 0 Å². The summed E-state index contributed by atoms with van der Waals surface area (Å²) >= 11 is 9.33. The molecule has 1 aliphatic heterocycles. The zero-order valence-electron chi connectivity index (χ0n) is 13.7. The highest BCUT2D eigenvalue weighted by molar-refractivity contribution is 7.20. The zero-order valence-corrected chi connectivity index (χ0v) is 16.1. The molecule has 0 unspecified atom stereocenters. The number of anilines is 2. The zero-order chi connectivity index (χ0) is 16.5. The van der Waals surface area contributed by atoms with E-state index < -0.39 is 0 Å². The van der Waals surface area contributed by atoms with Crippen molar-refractivity contribution in [2.75, 3.05) is 36.8 Å². The van der Waals surface area contributed by atoms with Crippen LogP contribution in [0.15, 0.2) is 11.4 Å². The van der Waals surface area contributed by atoms with Crippen molar-refractivity contribution in [3.8, 4) is 10.6 Å². The molecule has 0 aromatic carbocycles. The molecule has 3 heterocycles. The third kappa shape index (κ3) is 3.43. The summed E-state index contributed by atoms with van der Waals surface area (Å²) in [5.74, 6) is 0. The van der Waals surface area contributed by atoms with Gasteiger partial charge in [-0.3, -0.25) is 4.90 Å². The van der Waals surface area contributed by atoms with Crippen LogP contribution in [0.1, 0.15) is 32.1 Å². The lowest BCUT2D eigenvalue weighted by Crippen LogP contribution is -2.50. The molecule has 1 aliphatic carbocycles. The fourth-order valence-corrected chi connectivity index (χ4v) is 5.90. The fraction of sp³-hybridized carbons (Fsp3) is 0.588. The highest BCUT2D eigenvalue weighted by Crippen LogP contribution is 2.41. The van der Waals surface area contributed by atoms with Gasteiger partial charge in [-0.05, 0) is 18.9 Å². The minimum absolute atomic E-state index is 0.638. The van der Waals surface area contributed by atoms with Crippen molar-refractivity contribution < 1.29 is 0 Å². The van der Waals surface area contributed by atoms with E-state index in [4.69, 9.17) is 17.3 Å². The van der Waals surface area contributed by atoms with E-state index in [2.05, 4.69) is 14.8 Å². The summed E-state index contributed by atoms with van der Waals surface area (Å²) in [7, 11) is 0. The maximum atomic E-state index is 6.09. The maximum Gasteiger partial charge on any atom is 0.182 e. The molecule has 2 fully saturated rings. The van der Waals surface area contributed by atoms with Crippen LogP contribution in [0.5, 0.6) is 0 Å². The molecule has 130 valence electrons. The Kier molecular flexibility index (Phi) is 4.99. The molecule has 0 amide bonds. The second-order valence-electron chi connectivity index (χ2n) is 6.65. The first kappa shape index (κ1) is 16.6. The summed E-state index contributed by atoms with van der Waals surface area (Å²) in [6.45, 7) is 4.41. The van der Waals surface area contributed by atoms with Gasteiger partial charge < -0.3 is 10.6 Å². The van der Waals surface area contributed by atoms with Gasteiger partial charge in [0.2, 0.25) is 0 Å². The second kappa shape index (κ2) is 7.20. The summed E-state index contributed by atoms with van der Waals surface area (Å²) in [5.41, 5.74) is 7.02. The van der Waals surface area contributed by atoms with Gasteiger partial charge in [-0.15, -0.1) is 11.3 Å². The lowest BCUT2D eigenvalue weighted by molar-refractivity contribution is 0.148. The first-order valence-electron chi connectivity index (χ1n) is 8.70. The average molecular weight is 383 g/mol. The Morgan fingerprint density at radius 1 is 1.12 bits per heavy atom. The molecule has 24 heavy (non-hydrogen) atoms. The van der Waals surface area contributed by atoms with Crippen LogP contribution in [0.25, 0.3) is 10.6 Å². The Morgan fingerprint density at radius 3 is 2.54 bits per heavy atom. The van der Waals surface area contributed by atoms with E-state index in [9.17, 15) is 0 Å². The minimum atomic E-state index is 0.638. The molecular formula is C17H23ClN4S2. The number of nitrogens with two attached hydrogens (primary N) is 1. The van der Waals surface area contributed by atoms with Crippen molar-refractivity contribution in [1.29, 1.82) is 0 Å². The number of thiazole rings is 1. The number of piperazine rings is 1. The molecule has 1 saturated heterocycles. The van der Waals surface area contributed by atoms with E-state index in [1.807, 2.05) is 11.4 Å². The summed E-state index contributed by atoms with van der Waals surface area (Å²) in [6.07, 6.45) is 6.99. The van der Waals surface area contributed by atoms with Crippen molar-refractivity contribution in [3.05, 3.63) is 16.5 Å². The third-order valence-electron chi connectivity index (χ3n) is 5.12. The predicted molar refractivity (Wildman–Crippen MR) is 106 cm³/mol.